The maximum absolute atomic E-state index is 12.0. The van der Waals surface area contributed by atoms with Gasteiger partial charge in [-0.1, -0.05) is 32.4 Å². The Morgan fingerprint density at radius 2 is 1.80 bits per heavy atom. The van der Waals surface area contributed by atoms with Gasteiger partial charge in [0, 0.05) is 11.5 Å². The number of amides is 1. The molecule has 0 aromatic heterocycles. The van der Waals surface area contributed by atoms with E-state index in [4.69, 9.17) is 16.3 Å². The van der Waals surface area contributed by atoms with E-state index >= 15 is 0 Å². The van der Waals surface area contributed by atoms with Gasteiger partial charge in [-0.25, -0.2) is 4.79 Å². The van der Waals surface area contributed by atoms with Crippen molar-refractivity contribution in [2.45, 2.75) is 20.8 Å². The third kappa shape index (κ3) is 3.63. The van der Waals surface area contributed by atoms with Crippen LogP contribution in [0.2, 0.25) is 5.02 Å². The molecule has 1 amide bonds. The predicted octanol–water partition coefficient (Wildman–Crippen LogP) is 3.12. The maximum atomic E-state index is 12.0. The fourth-order valence-electron chi connectivity index (χ4n) is 1.40. The Morgan fingerprint density at radius 1 is 1.20 bits per heavy atom. The summed E-state index contributed by atoms with van der Waals surface area (Å²) in [6.07, 6.45) is 0. The Morgan fingerprint density at radius 3 is 2.25 bits per heavy atom. The van der Waals surface area contributed by atoms with Crippen molar-refractivity contribution in [3.05, 3.63) is 22.7 Å². The second kappa shape index (κ2) is 6.13. The first-order valence-electron chi connectivity index (χ1n) is 5.98. The highest BCUT2D eigenvalue weighted by Crippen LogP contribution is 2.32. The lowest BCUT2D eigenvalue weighted by Gasteiger charge is -2.19. The molecule has 0 saturated heterocycles. The number of anilines is 1. The molecule has 0 heterocycles. The number of ether oxygens (including phenoxy) is 2. The van der Waals surface area contributed by atoms with Crippen molar-refractivity contribution < 1.29 is 19.1 Å². The molecule has 0 atom stereocenters. The molecule has 0 aliphatic rings. The second-order valence-corrected chi connectivity index (χ2v) is 5.64. The van der Waals surface area contributed by atoms with Crippen molar-refractivity contribution in [2.75, 3.05) is 19.5 Å². The third-order valence-electron chi connectivity index (χ3n) is 2.62. The SMILES string of the molecule is COC(=O)c1cc(Cl)c(NC(=O)C(C)(C)C)cc1OC. The number of esters is 1. The first-order chi connectivity index (χ1) is 9.20. The molecule has 1 aromatic carbocycles. The standard InChI is InChI=1S/C14H18ClNO4/c1-14(2,3)13(18)16-10-7-11(19-4)8(6-9(10)15)12(17)20-5/h6-7H,1-5H3,(H,16,18). The number of carbonyl (C=O) groups is 2. The molecular weight excluding hydrogens is 282 g/mol. The van der Waals surface area contributed by atoms with E-state index in [1.54, 1.807) is 20.8 Å². The smallest absolute Gasteiger partial charge is 0.341 e. The van der Waals surface area contributed by atoms with Crippen molar-refractivity contribution in [3.63, 3.8) is 0 Å². The molecule has 0 unspecified atom stereocenters. The van der Waals surface area contributed by atoms with E-state index < -0.39 is 11.4 Å². The van der Waals surface area contributed by atoms with Gasteiger partial charge in [0.05, 0.1) is 24.9 Å². The van der Waals surface area contributed by atoms with Crippen LogP contribution in [0.5, 0.6) is 5.75 Å². The van der Waals surface area contributed by atoms with Gasteiger partial charge in [0.1, 0.15) is 11.3 Å². The van der Waals surface area contributed by atoms with Crippen LogP contribution in [-0.4, -0.2) is 26.1 Å². The fourth-order valence-corrected chi connectivity index (χ4v) is 1.61. The number of nitrogens with one attached hydrogen (secondary N) is 1. The van der Waals surface area contributed by atoms with Crippen molar-refractivity contribution >= 4 is 29.2 Å². The molecule has 1 N–H and O–H groups in total. The molecule has 1 aromatic rings. The van der Waals surface area contributed by atoms with Crippen LogP contribution >= 0.6 is 11.6 Å². The molecule has 0 aliphatic carbocycles. The fraction of sp³-hybridized carbons (Fsp3) is 0.429. The number of rotatable bonds is 3. The molecule has 0 saturated carbocycles. The summed E-state index contributed by atoms with van der Waals surface area (Å²) in [6.45, 7) is 5.36. The second-order valence-electron chi connectivity index (χ2n) is 5.23. The normalized spacial score (nSPS) is 10.9. The zero-order valence-corrected chi connectivity index (χ0v) is 12.9. The first kappa shape index (κ1) is 16.3. The van der Waals surface area contributed by atoms with Gasteiger partial charge < -0.3 is 14.8 Å². The third-order valence-corrected chi connectivity index (χ3v) is 2.94. The number of carbonyl (C=O) groups excluding carboxylic acids is 2. The summed E-state index contributed by atoms with van der Waals surface area (Å²) in [5.41, 5.74) is 0.0299. The van der Waals surface area contributed by atoms with Crippen LogP contribution in [0, 0.1) is 5.41 Å². The quantitative estimate of drug-likeness (QED) is 0.871. The van der Waals surface area contributed by atoms with Crippen LogP contribution in [0.1, 0.15) is 31.1 Å². The van der Waals surface area contributed by atoms with Crippen molar-refractivity contribution in [1.29, 1.82) is 0 Å². The van der Waals surface area contributed by atoms with E-state index in [2.05, 4.69) is 10.1 Å². The lowest BCUT2D eigenvalue weighted by molar-refractivity contribution is -0.123. The Kier molecular flexibility index (Phi) is 5.00. The topological polar surface area (TPSA) is 64.6 Å². The number of benzene rings is 1. The van der Waals surface area contributed by atoms with Crippen LogP contribution in [0.3, 0.4) is 0 Å². The number of hydrogen-bond donors (Lipinski definition) is 1. The Balaban J connectivity index is 3.18. The summed E-state index contributed by atoms with van der Waals surface area (Å²) in [7, 11) is 2.69. The van der Waals surface area contributed by atoms with E-state index in [0.29, 0.717) is 5.69 Å². The molecule has 0 radical (unpaired) electrons. The van der Waals surface area contributed by atoms with Crippen LogP contribution in [0.15, 0.2) is 12.1 Å². The Labute approximate surface area is 123 Å². The van der Waals surface area contributed by atoms with Crippen molar-refractivity contribution in [2.24, 2.45) is 5.41 Å². The van der Waals surface area contributed by atoms with Gasteiger partial charge in [-0.05, 0) is 6.07 Å². The van der Waals surface area contributed by atoms with Gasteiger partial charge >= 0.3 is 5.97 Å². The van der Waals surface area contributed by atoms with E-state index in [0.717, 1.165) is 0 Å². The van der Waals surface area contributed by atoms with E-state index in [9.17, 15) is 9.59 Å². The summed E-state index contributed by atoms with van der Waals surface area (Å²) in [6, 6.07) is 2.91. The van der Waals surface area contributed by atoms with E-state index in [-0.39, 0.29) is 22.2 Å². The van der Waals surface area contributed by atoms with Gasteiger partial charge in [-0.15, -0.1) is 0 Å². The van der Waals surface area contributed by atoms with Crippen LogP contribution in [0.4, 0.5) is 5.69 Å². The van der Waals surface area contributed by atoms with Crippen LogP contribution in [0.25, 0.3) is 0 Å². The van der Waals surface area contributed by atoms with Gasteiger partial charge in [-0.3, -0.25) is 4.79 Å². The minimum atomic E-state index is -0.558. The highest BCUT2D eigenvalue weighted by molar-refractivity contribution is 6.34. The first-order valence-corrected chi connectivity index (χ1v) is 6.35. The summed E-state index contributed by atoms with van der Waals surface area (Å²) in [5.74, 6) is -0.463. The maximum Gasteiger partial charge on any atom is 0.341 e. The van der Waals surface area contributed by atoms with Crippen LogP contribution < -0.4 is 10.1 Å². The molecule has 5 nitrogen and oxygen atoms in total. The zero-order valence-electron chi connectivity index (χ0n) is 12.2. The summed E-state index contributed by atoms with van der Waals surface area (Å²) < 4.78 is 9.76. The monoisotopic (exact) mass is 299 g/mol. The van der Waals surface area contributed by atoms with Crippen molar-refractivity contribution in [1.82, 2.24) is 0 Å². The molecule has 20 heavy (non-hydrogen) atoms. The van der Waals surface area contributed by atoms with Gasteiger partial charge in [0.2, 0.25) is 5.91 Å². The van der Waals surface area contributed by atoms with E-state index in [1.165, 1.54) is 26.4 Å². The van der Waals surface area contributed by atoms with Gasteiger partial charge in [0.25, 0.3) is 0 Å². The van der Waals surface area contributed by atoms with Crippen LogP contribution in [-0.2, 0) is 9.53 Å². The molecule has 0 aliphatic heterocycles. The summed E-state index contributed by atoms with van der Waals surface area (Å²) in [4.78, 5) is 23.5. The molecular formula is C14H18ClNO4. The largest absolute Gasteiger partial charge is 0.496 e. The summed E-state index contributed by atoms with van der Waals surface area (Å²) >= 11 is 6.08. The molecule has 0 spiro atoms. The molecule has 0 fully saturated rings. The Hall–Kier alpha value is -1.75. The Bertz CT molecular complexity index is 535. The minimum absolute atomic E-state index is 0.188. The van der Waals surface area contributed by atoms with E-state index in [1.807, 2.05) is 0 Å². The predicted molar refractivity (Wildman–Crippen MR) is 77.4 cm³/mol. The van der Waals surface area contributed by atoms with Gasteiger partial charge in [-0.2, -0.15) is 0 Å². The molecule has 0 bridgehead atoms. The summed E-state index contributed by atoms with van der Waals surface area (Å²) in [5, 5.41) is 2.95. The number of halogens is 1. The zero-order chi connectivity index (χ0) is 15.5. The lowest BCUT2D eigenvalue weighted by Crippen LogP contribution is -2.27. The average Bonchev–Trinajstić information content (AvgIpc) is 2.38. The number of hydrogen-bond acceptors (Lipinski definition) is 4. The molecule has 1 rings (SSSR count). The number of methoxy groups -OCH3 is 2. The average molecular weight is 300 g/mol. The highest BCUT2D eigenvalue weighted by atomic mass is 35.5. The molecule has 6 heteroatoms. The van der Waals surface area contributed by atoms with Gasteiger partial charge in [0.15, 0.2) is 0 Å². The minimum Gasteiger partial charge on any atom is -0.496 e. The lowest BCUT2D eigenvalue weighted by atomic mass is 9.95. The molecule has 110 valence electrons. The highest BCUT2D eigenvalue weighted by Gasteiger charge is 2.23. The van der Waals surface area contributed by atoms with Crippen molar-refractivity contribution in [3.8, 4) is 5.75 Å².